The van der Waals surface area contributed by atoms with E-state index < -0.39 is 12.1 Å². The van der Waals surface area contributed by atoms with E-state index in [0.717, 1.165) is 0 Å². The van der Waals surface area contributed by atoms with Crippen LogP contribution < -0.4 is 67.1 Å². The molecule has 0 unspecified atom stereocenters. The molecule has 0 saturated carbocycles. The zero-order valence-electron chi connectivity index (χ0n) is 5.31. The second-order valence-corrected chi connectivity index (χ2v) is 1.66. The summed E-state index contributed by atoms with van der Waals surface area (Å²) in [5, 5.41) is 15.3. The summed E-state index contributed by atoms with van der Waals surface area (Å²) >= 11 is 0. The molecule has 0 atom stereocenters. The Morgan fingerprint density at radius 2 is 1.89 bits per heavy atom. The summed E-state index contributed by atoms with van der Waals surface area (Å²) in [6.45, 7) is 1.41. The van der Waals surface area contributed by atoms with E-state index in [-0.39, 0.29) is 51.4 Å². The monoisotopic (exact) mass is 154 g/mol. The average Bonchev–Trinajstić information content (AvgIpc) is 2.12. The first-order chi connectivity index (χ1) is 3.80. The molecule has 0 aromatic carbocycles. The summed E-state index contributed by atoms with van der Waals surface area (Å²) < 4.78 is 0. The van der Waals surface area contributed by atoms with Gasteiger partial charge in [0.15, 0.2) is 0 Å². The summed E-state index contributed by atoms with van der Waals surface area (Å²) in [4.78, 5) is 9.97. The SMILES string of the molecule is O=C([O-])C1NCCN1.[K+]. The Bertz CT molecular complexity index is 103. The van der Waals surface area contributed by atoms with Crippen molar-refractivity contribution < 1.29 is 61.3 Å². The molecule has 0 aliphatic carbocycles. The van der Waals surface area contributed by atoms with Crippen LogP contribution in [-0.4, -0.2) is 25.2 Å². The Morgan fingerprint density at radius 3 is 2.11 bits per heavy atom. The van der Waals surface area contributed by atoms with E-state index >= 15 is 0 Å². The number of rotatable bonds is 1. The van der Waals surface area contributed by atoms with E-state index in [1.54, 1.807) is 0 Å². The number of hydrogen-bond donors (Lipinski definition) is 2. The van der Waals surface area contributed by atoms with E-state index in [1.165, 1.54) is 0 Å². The first kappa shape index (κ1) is 10.0. The van der Waals surface area contributed by atoms with Gasteiger partial charge in [0.2, 0.25) is 0 Å². The smallest absolute Gasteiger partial charge is 0.547 e. The van der Waals surface area contributed by atoms with Crippen LogP contribution >= 0.6 is 0 Å². The Hall–Kier alpha value is 1.03. The van der Waals surface area contributed by atoms with E-state index in [1.807, 2.05) is 0 Å². The van der Waals surface area contributed by atoms with Crippen LogP contribution in [0.3, 0.4) is 0 Å². The van der Waals surface area contributed by atoms with Crippen LogP contribution in [0, 0.1) is 0 Å². The normalized spacial score (nSPS) is 19.1. The third-order valence-electron chi connectivity index (χ3n) is 1.06. The molecular weight excluding hydrogens is 147 g/mol. The summed E-state index contributed by atoms with van der Waals surface area (Å²) in [7, 11) is 0. The van der Waals surface area contributed by atoms with Crippen molar-refractivity contribution in [2.75, 3.05) is 13.1 Å². The van der Waals surface area contributed by atoms with Gasteiger partial charge in [-0.1, -0.05) is 0 Å². The van der Waals surface area contributed by atoms with Gasteiger partial charge in [0.25, 0.3) is 0 Å². The van der Waals surface area contributed by atoms with Gasteiger partial charge in [0.05, 0.1) is 12.1 Å². The summed E-state index contributed by atoms with van der Waals surface area (Å²) in [6.07, 6.45) is -0.630. The van der Waals surface area contributed by atoms with Gasteiger partial charge in [-0.2, -0.15) is 0 Å². The van der Waals surface area contributed by atoms with Crippen LogP contribution in [0.25, 0.3) is 0 Å². The van der Waals surface area contributed by atoms with Crippen molar-refractivity contribution in [3.05, 3.63) is 0 Å². The molecule has 4 nitrogen and oxygen atoms in total. The van der Waals surface area contributed by atoms with Gasteiger partial charge in [-0.25, -0.2) is 0 Å². The summed E-state index contributed by atoms with van der Waals surface area (Å²) in [5.74, 6) is -1.08. The van der Waals surface area contributed by atoms with Crippen molar-refractivity contribution in [3.8, 4) is 0 Å². The van der Waals surface area contributed by atoms with Crippen molar-refractivity contribution in [2.24, 2.45) is 0 Å². The molecule has 46 valence electrons. The third-order valence-corrected chi connectivity index (χ3v) is 1.06. The molecule has 1 fully saturated rings. The molecule has 0 aromatic heterocycles. The number of nitrogens with one attached hydrogen (secondary N) is 2. The summed E-state index contributed by atoms with van der Waals surface area (Å²) in [6, 6.07) is 0. The van der Waals surface area contributed by atoms with Gasteiger partial charge in [-0.15, -0.1) is 0 Å². The standard InChI is InChI=1S/C4H8N2O2.K/c7-4(8)3-5-1-2-6-3;/h3,5-6H,1-2H2,(H,7,8);/q;+1/p-1. The number of carbonyl (C=O) groups is 1. The fourth-order valence-corrected chi connectivity index (χ4v) is 0.672. The van der Waals surface area contributed by atoms with Crippen LogP contribution in [0.15, 0.2) is 0 Å². The predicted molar refractivity (Wildman–Crippen MR) is 24.8 cm³/mol. The van der Waals surface area contributed by atoms with Gasteiger partial charge in [0, 0.05) is 13.1 Å². The molecule has 5 heteroatoms. The topological polar surface area (TPSA) is 64.2 Å². The molecule has 0 spiro atoms. The third kappa shape index (κ3) is 3.08. The molecule has 1 saturated heterocycles. The number of carboxylic acid groups (broad SMARTS) is 1. The first-order valence-electron chi connectivity index (χ1n) is 2.48. The second kappa shape index (κ2) is 4.78. The van der Waals surface area contributed by atoms with E-state index in [9.17, 15) is 9.90 Å². The number of carboxylic acids is 1. The molecular formula is C4H7KN2O2. The fourth-order valence-electron chi connectivity index (χ4n) is 0.672. The van der Waals surface area contributed by atoms with Crippen molar-refractivity contribution in [1.29, 1.82) is 0 Å². The Morgan fingerprint density at radius 1 is 1.44 bits per heavy atom. The predicted octanol–water partition coefficient (Wildman–Crippen LogP) is -5.74. The van der Waals surface area contributed by atoms with E-state index in [2.05, 4.69) is 10.6 Å². The Balaban J connectivity index is 0.000000640. The molecule has 0 amide bonds. The van der Waals surface area contributed by atoms with Gasteiger partial charge in [-0.3, -0.25) is 10.6 Å². The first-order valence-corrected chi connectivity index (χ1v) is 2.48. The van der Waals surface area contributed by atoms with Crippen molar-refractivity contribution in [3.63, 3.8) is 0 Å². The van der Waals surface area contributed by atoms with Crippen LogP contribution in [0.5, 0.6) is 0 Å². The van der Waals surface area contributed by atoms with Crippen LogP contribution in [0.1, 0.15) is 0 Å². The van der Waals surface area contributed by atoms with E-state index in [4.69, 9.17) is 0 Å². The molecule has 0 aromatic rings. The van der Waals surface area contributed by atoms with E-state index in [0.29, 0.717) is 13.1 Å². The minimum Gasteiger partial charge on any atom is -0.547 e. The van der Waals surface area contributed by atoms with Crippen LogP contribution in [-0.2, 0) is 4.79 Å². The fraction of sp³-hybridized carbons (Fsp3) is 0.750. The van der Waals surface area contributed by atoms with Gasteiger partial charge in [0.1, 0.15) is 0 Å². The van der Waals surface area contributed by atoms with Gasteiger partial charge in [-0.05, 0) is 0 Å². The molecule has 2 N–H and O–H groups in total. The Kier molecular flexibility index (Phi) is 5.33. The average molecular weight is 154 g/mol. The number of hydrogen-bond acceptors (Lipinski definition) is 4. The number of aliphatic carboxylic acids is 1. The minimum absolute atomic E-state index is 0. The van der Waals surface area contributed by atoms with Gasteiger partial charge >= 0.3 is 51.4 Å². The van der Waals surface area contributed by atoms with Crippen LogP contribution in [0.2, 0.25) is 0 Å². The van der Waals surface area contributed by atoms with Crippen molar-refractivity contribution >= 4 is 5.97 Å². The zero-order valence-corrected chi connectivity index (χ0v) is 8.43. The summed E-state index contributed by atoms with van der Waals surface area (Å²) in [5.41, 5.74) is 0. The van der Waals surface area contributed by atoms with Crippen molar-refractivity contribution in [1.82, 2.24) is 10.6 Å². The maximum atomic E-state index is 9.97. The molecule has 1 aliphatic heterocycles. The maximum Gasteiger partial charge on any atom is 1.00 e. The van der Waals surface area contributed by atoms with Crippen molar-refractivity contribution in [2.45, 2.75) is 6.17 Å². The maximum absolute atomic E-state index is 9.97. The molecule has 9 heavy (non-hydrogen) atoms. The number of carbonyl (C=O) groups excluding carboxylic acids is 1. The molecule has 1 aliphatic rings. The second-order valence-electron chi connectivity index (χ2n) is 1.66. The quantitative estimate of drug-likeness (QED) is 0.369. The molecule has 1 rings (SSSR count). The molecule has 1 heterocycles. The van der Waals surface area contributed by atoms with Crippen LogP contribution in [0.4, 0.5) is 0 Å². The molecule has 0 bridgehead atoms. The Labute approximate surface area is 95.8 Å². The zero-order chi connectivity index (χ0) is 5.98. The van der Waals surface area contributed by atoms with Gasteiger partial charge < -0.3 is 9.90 Å². The molecule has 0 radical (unpaired) electrons. The minimum atomic E-state index is -1.08. The largest absolute Gasteiger partial charge is 1.00 e.